The lowest BCUT2D eigenvalue weighted by Crippen LogP contribution is -2.24. The Morgan fingerprint density at radius 1 is 1.22 bits per heavy atom. The predicted octanol–water partition coefficient (Wildman–Crippen LogP) is 1.57. The summed E-state index contributed by atoms with van der Waals surface area (Å²) in [7, 11) is -3.37. The number of rotatable bonds is 8. The summed E-state index contributed by atoms with van der Waals surface area (Å²) < 4.78 is 26.4. The highest BCUT2D eigenvalue weighted by Gasteiger charge is 2.12. The molecule has 0 aromatic heterocycles. The summed E-state index contributed by atoms with van der Waals surface area (Å²) in [5.41, 5.74) is 6.39. The van der Waals surface area contributed by atoms with Crippen molar-refractivity contribution >= 4 is 21.8 Å². The van der Waals surface area contributed by atoms with Crippen LogP contribution in [0.15, 0.2) is 29.2 Å². The summed E-state index contributed by atoms with van der Waals surface area (Å²) in [5.74, 6) is 1.06. The summed E-state index contributed by atoms with van der Waals surface area (Å²) in [5, 5.41) is 0. The lowest BCUT2D eigenvalue weighted by molar-refractivity contribution is 0.578. The summed E-state index contributed by atoms with van der Waals surface area (Å²) >= 11 is 1.77. The maximum absolute atomic E-state index is 11.9. The molecule has 6 heteroatoms. The van der Waals surface area contributed by atoms with Gasteiger partial charge < -0.3 is 5.73 Å². The molecule has 0 atom stereocenters. The number of nitrogens with two attached hydrogens (primary N) is 1. The van der Waals surface area contributed by atoms with E-state index >= 15 is 0 Å². The fourth-order valence-electron chi connectivity index (χ4n) is 1.47. The fourth-order valence-corrected chi connectivity index (χ4v) is 3.03. The van der Waals surface area contributed by atoms with Gasteiger partial charge in [-0.2, -0.15) is 11.8 Å². The standard InChI is InChI=1S/C12H20N2O2S2/c1-17-9-3-2-8-14-18(15,16)12-6-4-11(10-13)5-7-12/h4-7,14H,2-3,8-10,13H2,1H3. The number of benzene rings is 1. The van der Waals surface area contributed by atoms with Crippen LogP contribution in [-0.4, -0.2) is 27.0 Å². The molecule has 0 amide bonds. The van der Waals surface area contributed by atoms with E-state index in [-0.39, 0.29) is 0 Å². The first-order valence-corrected chi connectivity index (χ1v) is 8.75. The van der Waals surface area contributed by atoms with Gasteiger partial charge in [-0.1, -0.05) is 12.1 Å². The van der Waals surface area contributed by atoms with E-state index in [0.717, 1.165) is 24.2 Å². The molecule has 1 aromatic rings. The van der Waals surface area contributed by atoms with Gasteiger partial charge in [-0.15, -0.1) is 0 Å². The predicted molar refractivity (Wildman–Crippen MR) is 77.1 cm³/mol. The van der Waals surface area contributed by atoms with Crippen molar-refractivity contribution in [1.82, 2.24) is 4.72 Å². The third kappa shape index (κ3) is 4.97. The lowest BCUT2D eigenvalue weighted by Gasteiger charge is -2.07. The quantitative estimate of drug-likeness (QED) is 0.712. The van der Waals surface area contributed by atoms with Gasteiger partial charge in [-0.05, 0) is 42.5 Å². The second-order valence-corrected chi connectivity index (χ2v) is 6.70. The summed E-state index contributed by atoms with van der Waals surface area (Å²) in [6.07, 6.45) is 3.93. The van der Waals surface area contributed by atoms with E-state index in [4.69, 9.17) is 5.73 Å². The lowest BCUT2D eigenvalue weighted by atomic mass is 10.2. The highest BCUT2D eigenvalue weighted by atomic mass is 32.2. The zero-order chi connectivity index (χ0) is 13.4. The number of hydrogen-bond donors (Lipinski definition) is 2. The molecule has 0 aliphatic carbocycles. The molecule has 18 heavy (non-hydrogen) atoms. The van der Waals surface area contributed by atoms with Gasteiger partial charge in [0, 0.05) is 13.1 Å². The number of sulfonamides is 1. The Hall–Kier alpha value is -0.560. The number of thioether (sulfide) groups is 1. The highest BCUT2D eigenvalue weighted by Crippen LogP contribution is 2.10. The minimum atomic E-state index is -3.37. The van der Waals surface area contributed by atoms with E-state index in [1.807, 2.05) is 6.26 Å². The van der Waals surface area contributed by atoms with Gasteiger partial charge in [0.2, 0.25) is 10.0 Å². The molecular formula is C12H20N2O2S2. The molecule has 0 spiro atoms. The highest BCUT2D eigenvalue weighted by molar-refractivity contribution is 7.98. The molecule has 0 aliphatic rings. The Morgan fingerprint density at radius 2 is 1.89 bits per heavy atom. The van der Waals surface area contributed by atoms with Crippen molar-refractivity contribution in [1.29, 1.82) is 0 Å². The van der Waals surface area contributed by atoms with Crippen LogP contribution in [0.2, 0.25) is 0 Å². The van der Waals surface area contributed by atoms with Crippen LogP contribution in [0.25, 0.3) is 0 Å². The molecule has 1 aromatic carbocycles. The van der Waals surface area contributed by atoms with Gasteiger partial charge in [-0.25, -0.2) is 13.1 Å². The second-order valence-electron chi connectivity index (χ2n) is 3.95. The third-order valence-electron chi connectivity index (χ3n) is 2.54. The van der Waals surface area contributed by atoms with Crippen LogP contribution in [-0.2, 0) is 16.6 Å². The molecule has 0 fully saturated rings. The first-order chi connectivity index (χ1) is 8.60. The van der Waals surface area contributed by atoms with Crippen molar-refractivity contribution in [3.05, 3.63) is 29.8 Å². The minimum Gasteiger partial charge on any atom is -0.326 e. The van der Waals surface area contributed by atoms with E-state index in [1.165, 1.54) is 0 Å². The Labute approximate surface area is 113 Å². The fraction of sp³-hybridized carbons (Fsp3) is 0.500. The van der Waals surface area contributed by atoms with Crippen molar-refractivity contribution in [3.8, 4) is 0 Å². The molecule has 0 radical (unpaired) electrons. The topological polar surface area (TPSA) is 72.2 Å². The number of nitrogens with one attached hydrogen (secondary N) is 1. The molecule has 0 unspecified atom stereocenters. The third-order valence-corrected chi connectivity index (χ3v) is 4.71. The zero-order valence-corrected chi connectivity index (χ0v) is 12.2. The molecule has 0 saturated carbocycles. The van der Waals surface area contributed by atoms with E-state index in [2.05, 4.69) is 4.72 Å². The molecule has 102 valence electrons. The first-order valence-electron chi connectivity index (χ1n) is 5.88. The van der Waals surface area contributed by atoms with E-state index in [0.29, 0.717) is 18.0 Å². The van der Waals surface area contributed by atoms with Crippen LogP contribution in [0.5, 0.6) is 0 Å². The van der Waals surface area contributed by atoms with Crippen molar-refractivity contribution in [2.45, 2.75) is 24.3 Å². The van der Waals surface area contributed by atoms with Crippen LogP contribution in [0, 0.1) is 0 Å². The van der Waals surface area contributed by atoms with E-state index < -0.39 is 10.0 Å². The van der Waals surface area contributed by atoms with Gasteiger partial charge in [0.05, 0.1) is 4.90 Å². The van der Waals surface area contributed by atoms with Crippen molar-refractivity contribution < 1.29 is 8.42 Å². The normalized spacial score (nSPS) is 11.7. The van der Waals surface area contributed by atoms with Gasteiger partial charge in [0.25, 0.3) is 0 Å². The number of hydrogen-bond acceptors (Lipinski definition) is 4. The largest absolute Gasteiger partial charge is 0.326 e. The molecule has 1 rings (SSSR count). The SMILES string of the molecule is CSCCCCNS(=O)(=O)c1ccc(CN)cc1. The Morgan fingerprint density at radius 3 is 2.44 bits per heavy atom. The average Bonchev–Trinajstić information content (AvgIpc) is 2.38. The Bertz CT molecular complexity index is 444. The Balaban J connectivity index is 2.51. The van der Waals surface area contributed by atoms with Crippen molar-refractivity contribution in [2.24, 2.45) is 5.73 Å². The molecule has 0 bridgehead atoms. The zero-order valence-electron chi connectivity index (χ0n) is 10.6. The van der Waals surface area contributed by atoms with Gasteiger partial charge in [-0.3, -0.25) is 0 Å². The molecule has 0 aliphatic heterocycles. The molecular weight excluding hydrogens is 268 g/mol. The van der Waals surface area contributed by atoms with Gasteiger partial charge >= 0.3 is 0 Å². The van der Waals surface area contributed by atoms with Crippen molar-refractivity contribution in [2.75, 3.05) is 18.6 Å². The summed E-state index contributed by atoms with van der Waals surface area (Å²) in [6.45, 7) is 0.907. The molecule has 3 N–H and O–H groups in total. The molecule has 0 saturated heterocycles. The van der Waals surface area contributed by atoms with E-state index in [9.17, 15) is 8.42 Å². The van der Waals surface area contributed by atoms with Crippen LogP contribution in [0.3, 0.4) is 0 Å². The molecule has 4 nitrogen and oxygen atoms in total. The summed E-state index contributed by atoms with van der Waals surface area (Å²) in [4.78, 5) is 0.296. The maximum Gasteiger partial charge on any atom is 0.240 e. The van der Waals surface area contributed by atoms with E-state index in [1.54, 1.807) is 36.0 Å². The summed E-state index contributed by atoms with van der Waals surface area (Å²) in [6, 6.07) is 6.66. The molecule has 0 heterocycles. The smallest absolute Gasteiger partial charge is 0.240 e. The van der Waals surface area contributed by atoms with Crippen LogP contribution < -0.4 is 10.5 Å². The van der Waals surface area contributed by atoms with Crippen LogP contribution in [0.1, 0.15) is 18.4 Å². The monoisotopic (exact) mass is 288 g/mol. The van der Waals surface area contributed by atoms with Gasteiger partial charge in [0.1, 0.15) is 0 Å². The average molecular weight is 288 g/mol. The first kappa shape index (κ1) is 15.5. The minimum absolute atomic E-state index is 0.296. The van der Waals surface area contributed by atoms with Crippen LogP contribution in [0.4, 0.5) is 0 Å². The maximum atomic E-state index is 11.9. The second kappa shape index (κ2) is 7.78. The van der Waals surface area contributed by atoms with Crippen LogP contribution >= 0.6 is 11.8 Å². The van der Waals surface area contributed by atoms with Crippen molar-refractivity contribution in [3.63, 3.8) is 0 Å². The Kier molecular flexibility index (Phi) is 6.70. The van der Waals surface area contributed by atoms with Gasteiger partial charge in [0.15, 0.2) is 0 Å². The number of unbranched alkanes of at least 4 members (excludes halogenated alkanes) is 1.